The van der Waals surface area contributed by atoms with Gasteiger partial charge in [0.1, 0.15) is 5.82 Å². The Morgan fingerprint density at radius 3 is 2.26 bits per heavy atom. The van der Waals surface area contributed by atoms with Gasteiger partial charge in [0.05, 0.1) is 29.9 Å². The number of amides is 3. The molecule has 2 saturated heterocycles. The van der Waals surface area contributed by atoms with Crippen LogP contribution in [-0.2, 0) is 11.2 Å². The summed E-state index contributed by atoms with van der Waals surface area (Å²) >= 11 is 0. The predicted octanol–water partition coefficient (Wildman–Crippen LogP) is 2.99. The fraction of sp³-hybridized carbons (Fsp3) is 0.342. The van der Waals surface area contributed by atoms with Gasteiger partial charge in [-0.15, -0.1) is 0 Å². The Hall–Kier alpha value is -6.00. The summed E-state index contributed by atoms with van der Waals surface area (Å²) in [5.41, 5.74) is 2.41. The van der Waals surface area contributed by atoms with Gasteiger partial charge in [-0.25, -0.2) is 14.3 Å². The summed E-state index contributed by atoms with van der Waals surface area (Å²) in [6.45, 7) is 5.17. The van der Waals surface area contributed by atoms with Crippen molar-refractivity contribution >= 4 is 40.3 Å². The van der Waals surface area contributed by atoms with Gasteiger partial charge in [0.15, 0.2) is 5.82 Å². The van der Waals surface area contributed by atoms with Crippen molar-refractivity contribution in [3.63, 3.8) is 0 Å². The van der Waals surface area contributed by atoms with Crippen molar-refractivity contribution in [1.82, 2.24) is 40.3 Å². The Labute approximate surface area is 311 Å². The molecule has 0 bridgehead atoms. The number of morpholine rings is 1. The first kappa shape index (κ1) is 36.4. The number of aromatic amines is 1. The minimum absolute atomic E-state index is 0.0179. The number of likely N-dealkylation sites (N-methyl/N-ethyl adjacent to an activating group) is 1. The first-order valence-electron chi connectivity index (χ1n) is 17.9. The summed E-state index contributed by atoms with van der Waals surface area (Å²) in [5.74, 6) is 0.478. The van der Waals surface area contributed by atoms with E-state index >= 15 is 4.39 Å². The van der Waals surface area contributed by atoms with Crippen LogP contribution in [0.5, 0.6) is 0 Å². The second-order valence-corrected chi connectivity index (χ2v) is 13.4. The number of hydrogen-bond donors (Lipinski definition) is 3. The van der Waals surface area contributed by atoms with Gasteiger partial charge in [-0.2, -0.15) is 20.1 Å². The van der Waals surface area contributed by atoms with Gasteiger partial charge in [0, 0.05) is 75.4 Å². The maximum absolute atomic E-state index is 15.2. The van der Waals surface area contributed by atoms with Crippen LogP contribution < -0.4 is 26.0 Å². The Balaban J connectivity index is 1.05. The molecule has 0 spiro atoms. The number of piperazine rings is 1. The Kier molecular flexibility index (Phi) is 11.0. The lowest BCUT2D eigenvalue weighted by Crippen LogP contribution is -2.49. The fourth-order valence-corrected chi connectivity index (χ4v) is 6.43. The number of carbonyl (C=O) groups excluding carboxylic acids is 2. The third-order valence-electron chi connectivity index (χ3n) is 9.41. The number of H-pyrrole nitrogens is 1. The van der Waals surface area contributed by atoms with Crippen LogP contribution in [0.15, 0.2) is 71.5 Å². The van der Waals surface area contributed by atoms with Gasteiger partial charge in [-0.3, -0.25) is 9.59 Å². The molecule has 3 aromatic carbocycles. The molecule has 4 heterocycles. The molecule has 0 radical (unpaired) electrons. The number of halogens is 1. The molecule has 54 heavy (non-hydrogen) atoms. The topological polar surface area (TPSA) is 165 Å². The molecule has 0 saturated carbocycles. The number of rotatable bonds is 10. The molecule has 3 N–H and O–H groups in total. The average molecular weight is 736 g/mol. The van der Waals surface area contributed by atoms with Gasteiger partial charge in [0.25, 0.3) is 11.5 Å². The number of nitrogens with zero attached hydrogens (tertiary/aromatic N) is 8. The van der Waals surface area contributed by atoms with E-state index in [-0.39, 0.29) is 17.2 Å². The van der Waals surface area contributed by atoms with Gasteiger partial charge in [-0.05, 0) is 62.1 Å². The number of aromatic nitrogens is 5. The lowest BCUT2D eigenvalue weighted by Gasteiger charge is -2.35. The van der Waals surface area contributed by atoms with E-state index in [2.05, 4.69) is 25.7 Å². The van der Waals surface area contributed by atoms with Crippen molar-refractivity contribution < 1.29 is 18.7 Å². The minimum atomic E-state index is -0.603. The van der Waals surface area contributed by atoms with Crippen LogP contribution in [0, 0.1) is 5.82 Å². The summed E-state index contributed by atoms with van der Waals surface area (Å²) in [4.78, 5) is 60.5. The highest BCUT2D eigenvalue weighted by atomic mass is 19.1. The Bertz CT molecular complexity index is 2180. The molecule has 2 aromatic heterocycles. The summed E-state index contributed by atoms with van der Waals surface area (Å²) < 4.78 is 20.7. The van der Waals surface area contributed by atoms with Gasteiger partial charge in [0.2, 0.25) is 11.9 Å². The quantitative estimate of drug-likeness (QED) is 0.193. The van der Waals surface area contributed by atoms with E-state index in [0.717, 1.165) is 12.1 Å². The molecule has 16 heteroatoms. The van der Waals surface area contributed by atoms with Crippen LogP contribution in [0.2, 0.25) is 0 Å². The third-order valence-corrected chi connectivity index (χ3v) is 9.41. The summed E-state index contributed by atoms with van der Waals surface area (Å²) in [5, 5.41) is 13.7. The number of benzene rings is 3. The SMILES string of the molecule is CN(C)CCNC(=O)Nc1ccc(-c2nc(N3CCOCC3)nc(N3CCN(C(=O)c4cc(Cc5n[nH]c(=O)c6ccccc56)ccc4F)CC3)n2)cc1. The van der Waals surface area contributed by atoms with E-state index in [1.165, 1.54) is 6.07 Å². The van der Waals surface area contributed by atoms with Crippen molar-refractivity contribution in [2.75, 3.05) is 94.8 Å². The van der Waals surface area contributed by atoms with E-state index in [1.54, 1.807) is 41.3 Å². The van der Waals surface area contributed by atoms with Crippen LogP contribution >= 0.6 is 0 Å². The van der Waals surface area contributed by atoms with Crippen LogP contribution in [-0.4, -0.2) is 127 Å². The fourth-order valence-electron chi connectivity index (χ4n) is 6.43. The zero-order valence-corrected chi connectivity index (χ0v) is 30.2. The molecule has 0 aliphatic carbocycles. The number of hydrogen-bond acceptors (Lipinski definition) is 11. The monoisotopic (exact) mass is 735 g/mol. The molecule has 3 amide bonds. The maximum atomic E-state index is 15.2. The minimum Gasteiger partial charge on any atom is -0.378 e. The van der Waals surface area contributed by atoms with Gasteiger partial charge < -0.3 is 35.0 Å². The third kappa shape index (κ3) is 8.45. The summed E-state index contributed by atoms with van der Waals surface area (Å²) in [6.07, 6.45) is 0.310. The average Bonchev–Trinajstić information content (AvgIpc) is 3.20. The van der Waals surface area contributed by atoms with Crippen LogP contribution in [0.1, 0.15) is 21.6 Å². The van der Waals surface area contributed by atoms with E-state index in [1.807, 2.05) is 48.2 Å². The predicted molar refractivity (Wildman–Crippen MR) is 204 cm³/mol. The lowest BCUT2D eigenvalue weighted by atomic mass is 10.0. The second kappa shape index (κ2) is 16.3. The second-order valence-electron chi connectivity index (χ2n) is 13.4. The Morgan fingerprint density at radius 1 is 0.870 bits per heavy atom. The van der Waals surface area contributed by atoms with Gasteiger partial charge in [-0.1, -0.05) is 24.3 Å². The number of fused-ring (bicyclic) bond motifs is 1. The highest BCUT2D eigenvalue weighted by Crippen LogP contribution is 2.25. The molecule has 5 aromatic rings. The number of anilines is 3. The first-order valence-corrected chi connectivity index (χ1v) is 17.9. The molecule has 2 aliphatic rings. The molecule has 0 unspecified atom stereocenters. The molecule has 2 aliphatic heterocycles. The van der Waals surface area contributed by atoms with Crippen molar-refractivity contribution in [1.29, 1.82) is 0 Å². The number of ether oxygens (including phenoxy) is 1. The summed E-state index contributed by atoms with van der Waals surface area (Å²) in [7, 11) is 3.89. The molecule has 280 valence electrons. The van der Waals surface area contributed by atoms with Gasteiger partial charge >= 0.3 is 6.03 Å². The molecule has 2 fully saturated rings. The van der Waals surface area contributed by atoms with Crippen LogP contribution in [0.3, 0.4) is 0 Å². The van der Waals surface area contributed by atoms with E-state index in [0.29, 0.717) is 111 Å². The van der Waals surface area contributed by atoms with Crippen molar-refractivity contribution in [2.45, 2.75) is 6.42 Å². The smallest absolute Gasteiger partial charge is 0.319 e. The highest BCUT2D eigenvalue weighted by molar-refractivity contribution is 5.95. The Morgan fingerprint density at radius 2 is 1.56 bits per heavy atom. The van der Waals surface area contributed by atoms with E-state index in [9.17, 15) is 14.4 Å². The van der Waals surface area contributed by atoms with Crippen molar-refractivity contribution in [2.24, 2.45) is 0 Å². The molecule has 0 atom stereocenters. The summed E-state index contributed by atoms with van der Waals surface area (Å²) in [6, 6.07) is 18.7. The lowest BCUT2D eigenvalue weighted by molar-refractivity contribution is 0.0741. The zero-order chi connectivity index (χ0) is 37.6. The maximum Gasteiger partial charge on any atom is 0.319 e. The van der Waals surface area contributed by atoms with E-state index < -0.39 is 11.7 Å². The zero-order valence-electron chi connectivity index (χ0n) is 30.2. The van der Waals surface area contributed by atoms with E-state index in [4.69, 9.17) is 19.7 Å². The van der Waals surface area contributed by atoms with Crippen LogP contribution in [0.25, 0.3) is 22.2 Å². The molecular weight excluding hydrogens is 693 g/mol. The standard InChI is InChI=1S/C38H42FN11O4/c1-47(2)14-13-40-38(53)41-27-10-8-26(9-11-27)33-42-36(44-37(43-33)50-19-21-54-22-20-50)49-17-15-48(16-18-49)35(52)30-23-25(7-12-31(30)39)24-32-28-5-3-4-6-29(28)34(51)46-45-32/h3-12,23H,13-22,24H2,1-2H3,(H,46,51)(H2,40,41,53). The number of nitrogens with one attached hydrogen (secondary N) is 3. The van der Waals surface area contributed by atoms with Crippen LogP contribution in [0.4, 0.5) is 26.8 Å². The largest absolute Gasteiger partial charge is 0.378 e. The normalized spacial score (nSPS) is 14.8. The molecular formula is C38H42FN11O4. The van der Waals surface area contributed by atoms with Crippen molar-refractivity contribution in [3.05, 3.63) is 99.7 Å². The number of urea groups is 1. The highest BCUT2D eigenvalue weighted by Gasteiger charge is 2.27. The molecule has 15 nitrogen and oxygen atoms in total. The molecule has 7 rings (SSSR count). The van der Waals surface area contributed by atoms with Crippen molar-refractivity contribution in [3.8, 4) is 11.4 Å². The first-order chi connectivity index (χ1) is 26.2. The number of carbonyl (C=O) groups is 2.